The fourth-order valence-electron chi connectivity index (χ4n) is 1.45. The SMILES string of the molecule is Nc1ccc(NCCc2ccc(Br)s2)cc1F. The molecule has 0 saturated carbocycles. The Morgan fingerprint density at radius 1 is 1.29 bits per heavy atom. The van der Waals surface area contributed by atoms with Crippen molar-refractivity contribution in [1.29, 1.82) is 0 Å². The first kappa shape index (κ1) is 12.4. The molecular formula is C12H12BrFN2S. The second kappa shape index (κ2) is 5.51. The van der Waals surface area contributed by atoms with Crippen molar-refractivity contribution in [1.82, 2.24) is 0 Å². The molecular weight excluding hydrogens is 303 g/mol. The van der Waals surface area contributed by atoms with Crippen LogP contribution in [0.2, 0.25) is 0 Å². The van der Waals surface area contributed by atoms with E-state index in [4.69, 9.17) is 5.73 Å². The molecule has 0 saturated heterocycles. The van der Waals surface area contributed by atoms with Crippen LogP contribution in [0.15, 0.2) is 34.1 Å². The van der Waals surface area contributed by atoms with E-state index < -0.39 is 0 Å². The zero-order valence-corrected chi connectivity index (χ0v) is 11.4. The van der Waals surface area contributed by atoms with Crippen LogP contribution in [0, 0.1) is 5.82 Å². The maximum absolute atomic E-state index is 13.2. The van der Waals surface area contributed by atoms with Gasteiger partial charge in [0.2, 0.25) is 0 Å². The van der Waals surface area contributed by atoms with E-state index in [-0.39, 0.29) is 11.5 Å². The molecule has 1 heterocycles. The average molecular weight is 315 g/mol. The molecule has 1 aromatic carbocycles. The molecule has 0 spiro atoms. The molecule has 3 N–H and O–H groups in total. The van der Waals surface area contributed by atoms with Gasteiger partial charge in [-0.3, -0.25) is 0 Å². The second-order valence-corrected chi connectivity index (χ2v) is 6.17. The Bertz CT molecular complexity index is 513. The van der Waals surface area contributed by atoms with Crippen LogP contribution in [0.3, 0.4) is 0 Å². The second-order valence-electron chi connectivity index (χ2n) is 3.62. The molecule has 2 aromatic rings. The Balaban J connectivity index is 1.87. The van der Waals surface area contributed by atoms with Crippen molar-refractivity contribution in [3.8, 4) is 0 Å². The minimum absolute atomic E-state index is 0.178. The van der Waals surface area contributed by atoms with Gasteiger partial charge < -0.3 is 11.1 Å². The largest absolute Gasteiger partial charge is 0.396 e. The Hall–Kier alpha value is -1.07. The summed E-state index contributed by atoms with van der Waals surface area (Å²) in [6, 6.07) is 8.88. The van der Waals surface area contributed by atoms with Gasteiger partial charge in [-0.15, -0.1) is 11.3 Å². The number of halogens is 2. The molecule has 0 amide bonds. The van der Waals surface area contributed by atoms with E-state index in [0.717, 1.165) is 22.4 Å². The highest BCUT2D eigenvalue weighted by molar-refractivity contribution is 9.11. The lowest BCUT2D eigenvalue weighted by Crippen LogP contribution is -2.04. The minimum Gasteiger partial charge on any atom is -0.396 e. The summed E-state index contributed by atoms with van der Waals surface area (Å²) in [6.07, 6.45) is 0.919. The van der Waals surface area contributed by atoms with Crippen LogP contribution in [0.1, 0.15) is 4.88 Å². The Morgan fingerprint density at radius 3 is 2.76 bits per heavy atom. The highest BCUT2D eigenvalue weighted by atomic mass is 79.9. The molecule has 17 heavy (non-hydrogen) atoms. The molecule has 0 fully saturated rings. The first-order valence-corrected chi connectivity index (χ1v) is 6.79. The lowest BCUT2D eigenvalue weighted by Gasteiger charge is -2.06. The standard InChI is InChI=1S/C12H12BrFN2S/c13-12-4-2-9(17-12)5-6-16-8-1-3-11(15)10(14)7-8/h1-4,7,16H,5-6,15H2. The molecule has 2 nitrogen and oxygen atoms in total. The van der Waals surface area contributed by atoms with Crippen LogP contribution in [-0.4, -0.2) is 6.54 Å². The molecule has 5 heteroatoms. The minimum atomic E-state index is -0.381. The van der Waals surface area contributed by atoms with Gasteiger partial charge in [0, 0.05) is 17.1 Å². The molecule has 0 aliphatic rings. The van der Waals surface area contributed by atoms with Gasteiger partial charge in [-0.2, -0.15) is 0 Å². The van der Waals surface area contributed by atoms with E-state index in [0.29, 0.717) is 0 Å². The quantitative estimate of drug-likeness (QED) is 0.840. The maximum atomic E-state index is 13.2. The lowest BCUT2D eigenvalue weighted by atomic mass is 10.2. The zero-order valence-electron chi connectivity index (χ0n) is 9.04. The van der Waals surface area contributed by atoms with Crippen LogP contribution in [0.25, 0.3) is 0 Å². The van der Waals surface area contributed by atoms with Gasteiger partial charge in [-0.25, -0.2) is 4.39 Å². The van der Waals surface area contributed by atoms with E-state index in [9.17, 15) is 4.39 Å². The number of thiophene rings is 1. The van der Waals surface area contributed by atoms with Gasteiger partial charge in [0.15, 0.2) is 0 Å². The Kier molecular flexibility index (Phi) is 4.02. The smallest absolute Gasteiger partial charge is 0.148 e. The summed E-state index contributed by atoms with van der Waals surface area (Å²) < 4.78 is 14.3. The number of rotatable bonds is 4. The molecule has 0 atom stereocenters. The summed E-state index contributed by atoms with van der Waals surface area (Å²) in [5, 5.41) is 3.17. The van der Waals surface area contributed by atoms with Crippen molar-refractivity contribution >= 4 is 38.6 Å². The number of nitrogen functional groups attached to an aromatic ring is 1. The van der Waals surface area contributed by atoms with Crippen LogP contribution in [0.5, 0.6) is 0 Å². The molecule has 0 bridgehead atoms. The fourth-order valence-corrected chi connectivity index (χ4v) is 2.94. The maximum Gasteiger partial charge on any atom is 0.148 e. The van der Waals surface area contributed by atoms with E-state index >= 15 is 0 Å². The normalized spacial score (nSPS) is 10.5. The number of benzene rings is 1. The van der Waals surface area contributed by atoms with Gasteiger partial charge in [-0.1, -0.05) is 0 Å². The van der Waals surface area contributed by atoms with Crippen LogP contribution >= 0.6 is 27.3 Å². The van der Waals surface area contributed by atoms with Crippen molar-refractivity contribution in [3.05, 3.63) is 44.8 Å². The fraction of sp³-hybridized carbons (Fsp3) is 0.167. The lowest BCUT2D eigenvalue weighted by molar-refractivity contribution is 0.633. The van der Waals surface area contributed by atoms with Crippen molar-refractivity contribution in [2.45, 2.75) is 6.42 Å². The van der Waals surface area contributed by atoms with E-state index in [1.807, 2.05) is 6.07 Å². The van der Waals surface area contributed by atoms with Crippen molar-refractivity contribution < 1.29 is 4.39 Å². The number of hydrogen-bond donors (Lipinski definition) is 2. The number of nitrogens with one attached hydrogen (secondary N) is 1. The van der Waals surface area contributed by atoms with Gasteiger partial charge in [0.25, 0.3) is 0 Å². The highest BCUT2D eigenvalue weighted by Crippen LogP contribution is 2.22. The summed E-state index contributed by atoms with van der Waals surface area (Å²) in [5.41, 5.74) is 6.34. The summed E-state index contributed by atoms with van der Waals surface area (Å²) >= 11 is 5.13. The Morgan fingerprint density at radius 2 is 2.12 bits per heavy atom. The van der Waals surface area contributed by atoms with E-state index in [1.165, 1.54) is 10.9 Å². The third-order valence-electron chi connectivity index (χ3n) is 2.33. The number of nitrogens with two attached hydrogens (primary N) is 1. The molecule has 1 aromatic heterocycles. The van der Waals surface area contributed by atoms with Crippen molar-refractivity contribution in [2.24, 2.45) is 0 Å². The van der Waals surface area contributed by atoms with Gasteiger partial charge in [0.05, 0.1) is 9.47 Å². The number of anilines is 2. The Labute approximate surface area is 112 Å². The van der Waals surface area contributed by atoms with Gasteiger partial charge >= 0.3 is 0 Å². The predicted molar refractivity (Wildman–Crippen MR) is 75.0 cm³/mol. The van der Waals surface area contributed by atoms with Gasteiger partial charge in [0.1, 0.15) is 5.82 Å². The molecule has 0 radical (unpaired) electrons. The summed E-state index contributed by atoms with van der Waals surface area (Å²) in [7, 11) is 0. The van der Waals surface area contributed by atoms with E-state index in [1.54, 1.807) is 23.5 Å². The zero-order chi connectivity index (χ0) is 12.3. The number of hydrogen-bond acceptors (Lipinski definition) is 3. The third kappa shape index (κ3) is 3.44. The van der Waals surface area contributed by atoms with Crippen LogP contribution in [-0.2, 0) is 6.42 Å². The van der Waals surface area contributed by atoms with Crippen molar-refractivity contribution in [3.63, 3.8) is 0 Å². The first-order chi connectivity index (χ1) is 8.15. The third-order valence-corrected chi connectivity index (χ3v) is 4.01. The average Bonchev–Trinajstić information content (AvgIpc) is 2.70. The first-order valence-electron chi connectivity index (χ1n) is 5.18. The topological polar surface area (TPSA) is 38.0 Å². The van der Waals surface area contributed by atoms with Crippen LogP contribution in [0.4, 0.5) is 15.8 Å². The molecule has 0 aliphatic carbocycles. The van der Waals surface area contributed by atoms with Crippen LogP contribution < -0.4 is 11.1 Å². The summed E-state index contributed by atoms with van der Waals surface area (Å²) in [5.74, 6) is -0.381. The highest BCUT2D eigenvalue weighted by Gasteiger charge is 2.00. The van der Waals surface area contributed by atoms with E-state index in [2.05, 4.69) is 27.3 Å². The molecule has 0 aliphatic heterocycles. The monoisotopic (exact) mass is 314 g/mol. The molecule has 2 rings (SSSR count). The predicted octanol–water partition coefficient (Wildman–Crippen LogP) is 3.89. The molecule has 90 valence electrons. The van der Waals surface area contributed by atoms with Crippen molar-refractivity contribution in [2.75, 3.05) is 17.6 Å². The summed E-state index contributed by atoms with van der Waals surface area (Å²) in [4.78, 5) is 1.29. The summed E-state index contributed by atoms with van der Waals surface area (Å²) in [6.45, 7) is 0.774. The molecule has 0 unspecified atom stereocenters. The van der Waals surface area contributed by atoms with Gasteiger partial charge in [-0.05, 0) is 52.7 Å².